The van der Waals surface area contributed by atoms with Crippen LogP contribution in [0.25, 0.3) is 0 Å². The van der Waals surface area contributed by atoms with Crippen LogP contribution in [0.15, 0.2) is 54.6 Å². The van der Waals surface area contributed by atoms with Crippen LogP contribution in [0.5, 0.6) is 5.75 Å². The van der Waals surface area contributed by atoms with Gasteiger partial charge in [-0.1, -0.05) is 48.9 Å². The van der Waals surface area contributed by atoms with E-state index in [9.17, 15) is 4.79 Å². The van der Waals surface area contributed by atoms with Crippen LogP contribution < -0.4 is 10.1 Å². The SMILES string of the molecule is O=C(NCC1(c2ccccc2)CCC1)c1ccccc1OCC1CCCO1. The van der Waals surface area contributed by atoms with Crippen LogP contribution in [0.3, 0.4) is 0 Å². The zero-order valence-corrected chi connectivity index (χ0v) is 15.7. The molecule has 1 aliphatic carbocycles. The van der Waals surface area contributed by atoms with Crippen molar-refractivity contribution < 1.29 is 14.3 Å². The lowest BCUT2D eigenvalue weighted by molar-refractivity contribution is 0.0670. The van der Waals surface area contributed by atoms with Crippen molar-refractivity contribution in [3.63, 3.8) is 0 Å². The van der Waals surface area contributed by atoms with Gasteiger partial charge in [0.15, 0.2) is 0 Å². The van der Waals surface area contributed by atoms with Crippen LogP contribution in [0, 0.1) is 0 Å². The zero-order chi connectivity index (χ0) is 18.5. The number of nitrogens with one attached hydrogen (secondary N) is 1. The Hall–Kier alpha value is -2.33. The molecule has 1 heterocycles. The smallest absolute Gasteiger partial charge is 0.255 e. The molecule has 0 aromatic heterocycles. The second-order valence-electron chi connectivity index (χ2n) is 7.62. The lowest BCUT2D eigenvalue weighted by atomic mass is 9.64. The lowest BCUT2D eigenvalue weighted by Gasteiger charge is -2.42. The summed E-state index contributed by atoms with van der Waals surface area (Å²) in [6.07, 6.45) is 5.69. The molecule has 0 radical (unpaired) electrons. The van der Waals surface area contributed by atoms with E-state index in [0.29, 0.717) is 24.5 Å². The van der Waals surface area contributed by atoms with Crippen LogP contribution >= 0.6 is 0 Å². The van der Waals surface area contributed by atoms with Crippen LogP contribution in [0.4, 0.5) is 0 Å². The molecule has 1 atom stereocenters. The monoisotopic (exact) mass is 365 g/mol. The Morgan fingerprint density at radius 1 is 1.07 bits per heavy atom. The first-order chi connectivity index (χ1) is 13.3. The first kappa shape index (κ1) is 18.1. The molecule has 2 aromatic rings. The van der Waals surface area contributed by atoms with Crippen LogP contribution in [0.1, 0.15) is 48.0 Å². The molecule has 0 spiro atoms. The van der Waals surface area contributed by atoms with Gasteiger partial charge >= 0.3 is 0 Å². The van der Waals surface area contributed by atoms with E-state index >= 15 is 0 Å². The highest BCUT2D eigenvalue weighted by Crippen LogP contribution is 2.43. The summed E-state index contributed by atoms with van der Waals surface area (Å²) in [4.78, 5) is 12.9. The van der Waals surface area contributed by atoms with Crippen LogP contribution in [0.2, 0.25) is 0 Å². The first-order valence-electron chi connectivity index (χ1n) is 9.94. The Morgan fingerprint density at radius 3 is 2.56 bits per heavy atom. The van der Waals surface area contributed by atoms with Gasteiger partial charge in [0, 0.05) is 18.6 Å². The fourth-order valence-electron chi connectivity index (χ4n) is 4.05. The summed E-state index contributed by atoms with van der Waals surface area (Å²) in [6.45, 7) is 1.96. The van der Waals surface area contributed by atoms with Crippen molar-refractivity contribution in [1.29, 1.82) is 0 Å². The third kappa shape index (κ3) is 4.01. The highest BCUT2D eigenvalue weighted by molar-refractivity contribution is 5.97. The van der Waals surface area contributed by atoms with Gasteiger partial charge in [0.25, 0.3) is 5.91 Å². The summed E-state index contributed by atoms with van der Waals surface area (Å²) in [7, 11) is 0. The van der Waals surface area contributed by atoms with E-state index in [-0.39, 0.29) is 17.4 Å². The molecule has 1 aliphatic heterocycles. The average Bonchev–Trinajstić information content (AvgIpc) is 3.20. The second kappa shape index (κ2) is 8.13. The largest absolute Gasteiger partial charge is 0.490 e. The molecule has 1 N–H and O–H groups in total. The Balaban J connectivity index is 1.41. The second-order valence-corrected chi connectivity index (χ2v) is 7.62. The van der Waals surface area contributed by atoms with Crippen molar-refractivity contribution in [2.24, 2.45) is 0 Å². The van der Waals surface area contributed by atoms with Gasteiger partial charge in [0.1, 0.15) is 12.4 Å². The minimum Gasteiger partial charge on any atom is -0.490 e. The molecule has 1 unspecified atom stereocenters. The average molecular weight is 365 g/mol. The number of hydrogen-bond acceptors (Lipinski definition) is 3. The molecule has 0 bridgehead atoms. The van der Waals surface area contributed by atoms with Crippen molar-refractivity contribution in [2.75, 3.05) is 19.8 Å². The standard InChI is InChI=1S/C23H27NO3/c25-22(24-17-23(13-7-14-23)18-8-2-1-3-9-18)20-11-4-5-12-21(20)27-16-19-10-6-15-26-19/h1-5,8-9,11-12,19H,6-7,10,13-17H2,(H,24,25). The number of amides is 1. The van der Waals surface area contributed by atoms with Crippen molar-refractivity contribution in [3.8, 4) is 5.75 Å². The summed E-state index contributed by atoms with van der Waals surface area (Å²) < 4.78 is 11.5. The number of benzene rings is 2. The van der Waals surface area contributed by atoms with Crippen LogP contribution in [-0.2, 0) is 10.2 Å². The first-order valence-corrected chi connectivity index (χ1v) is 9.94. The van der Waals surface area contributed by atoms with Gasteiger partial charge in [0.05, 0.1) is 11.7 Å². The molecule has 142 valence electrons. The number of para-hydroxylation sites is 1. The normalized spacial score (nSPS) is 20.7. The fraction of sp³-hybridized carbons (Fsp3) is 0.435. The molecule has 2 aromatic carbocycles. The third-order valence-electron chi connectivity index (χ3n) is 5.86. The molecule has 1 saturated carbocycles. The van der Waals surface area contributed by atoms with E-state index in [4.69, 9.17) is 9.47 Å². The van der Waals surface area contributed by atoms with Gasteiger partial charge in [-0.05, 0) is 43.4 Å². The van der Waals surface area contributed by atoms with Gasteiger partial charge in [-0.3, -0.25) is 4.79 Å². The molecule has 2 fully saturated rings. The van der Waals surface area contributed by atoms with Crippen molar-refractivity contribution in [1.82, 2.24) is 5.32 Å². The van der Waals surface area contributed by atoms with Gasteiger partial charge in [-0.15, -0.1) is 0 Å². The van der Waals surface area contributed by atoms with Crippen molar-refractivity contribution in [3.05, 3.63) is 65.7 Å². The van der Waals surface area contributed by atoms with E-state index in [1.165, 1.54) is 12.0 Å². The minimum absolute atomic E-state index is 0.0693. The van der Waals surface area contributed by atoms with Gasteiger partial charge in [0.2, 0.25) is 0 Å². The van der Waals surface area contributed by atoms with E-state index in [1.54, 1.807) is 0 Å². The minimum atomic E-state index is -0.0693. The summed E-state index contributed by atoms with van der Waals surface area (Å²) in [5.41, 5.74) is 1.99. The van der Waals surface area contributed by atoms with Crippen molar-refractivity contribution in [2.45, 2.75) is 43.6 Å². The van der Waals surface area contributed by atoms with Gasteiger partial charge in [-0.25, -0.2) is 0 Å². The quantitative estimate of drug-likeness (QED) is 0.804. The Labute approximate surface area is 160 Å². The number of rotatable bonds is 7. The molecule has 1 amide bonds. The van der Waals surface area contributed by atoms with Gasteiger partial charge in [-0.2, -0.15) is 0 Å². The molecule has 4 rings (SSSR count). The van der Waals surface area contributed by atoms with Crippen LogP contribution in [-0.4, -0.2) is 31.8 Å². The highest BCUT2D eigenvalue weighted by Gasteiger charge is 2.38. The maximum atomic E-state index is 12.9. The van der Waals surface area contributed by atoms with Crippen molar-refractivity contribution >= 4 is 5.91 Å². The van der Waals surface area contributed by atoms with E-state index in [2.05, 4.69) is 29.6 Å². The highest BCUT2D eigenvalue weighted by atomic mass is 16.5. The summed E-state index contributed by atoms with van der Waals surface area (Å²) in [5, 5.41) is 3.16. The van der Waals surface area contributed by atoms with E-state index in [1.807, 2.05) is 30.3 Å². The lowest BCUT2D eigenvalue weighted by Crippen LogP contribution is -2.45. The molecule has 1 saturated heterocycles. The number of hydrogen-bond donors (Lipinski definition) is 1. The zero-order valence-electron chi connectivity index (χ0n) is 15.7. The summed E-state index contributed by atoms with van der Waals surface area (Å²) in [6, 6.07) is 18.0. The summed E-state index contributed by atoms with van der Waals surface area (Å²) in [5.74, 6) is 0.563. The number of carbonyl (C=O) groups excluding carboxylic acids is 1. The maximum absolute atomic E-state index is 12.9. The number of ether oxygens (including phenoxy) is 2. The maximum Gasteiger partial charge on any atom is 0.255 e. The Bertz CT molecular complexity index is 764. The molecular formula is C23H27NO3. The Morgan fingerprint density at radius 2 is 1.85 bits per heavy atom. The Kier molecular flexibility index (Phi) is 5.44. The molecule has 2 aliphatic rings. The predicted molar refractivity (Wildman–Crippen MR) is 105 cm³/mol. The fourth-order valence-corrected chi connectivity index (χ4v) is 4.05. The topological polar surface area (TPSA) is 47.6 Å². The predicted octanol–water partition coefficient (Wildman–Crippen LogP) is 4.10. The summed E-state index contributed by atoms with van der Waals surface area (Å²) >= 11 is 0. The number of carbonyl (C=O) groups is 1. The van der Waals surface area contributed by atoms with E-state index in [0.717, 1.165) is 32.3 Å². The van der Waals surface area contributed by atoms with Gasteiger partial charge < -0.3 is 14.8 Å². The third-order valence-corrected chi connectivity index (χ3v) is 5.86. The molecule has 4 heteroatoms. The molecule has 27 heavy (non-hydrogen) atoms. The van der Waals surface area contributed by atoms with E-state index < -0.39 is 0 Å². The molecule has 4 nitrogen and oxygen atoms in total. The molecular weight excluding hydrogens is 338 g/mol.